The predicted octanol–water partition coefficient (Wildman–Crippen LogP) is 3.73. The van der Waals surface area contributed by atoms with E-state index in [-0.39, 0.29) is 23.9 Å². The van der Waals surface area contributed by atoms with Crippen LogP contribution in [0.2, 0.25) is 0 Å². The Bertz CT molecular complexity index is 1180. The van der Waals surface area contributed by atoms with Gasteiger partial charge < -0.3 is 20.4 Å². The van der Waals surface area contributed by atoms with Crippen LogP contribution in [0.15, 0.2) is 61.1 Å². The molecule has 2 aromatic carbocycles. The number of hydrogen-bond donors (Lipinski definition) is 2. The van der Waals surface area contributed by atoms with Gasteiger partial charge in [-0.15, -0.1) is 0 Å². The quantitative estimate of drug-likeness (QED) is 0.545. The molecule has 0 fully saturated rings. The molecule has 0 aliphatic carbocycles. The monoisotopic (exact) mass is 472 g/mol. The molecule has 0 spiro atoms. The molecule has 0 radical (unpaired) electrons. The second kappa shape index (κ2) is 10.7. The fourth-order valence-electron chi connectivity index (χ4n) is 4.52. The van der Waals surface area contributed by atoms with E-state index in [9.17, 15) is 9.59 Å². The van der Waals surface area contributed by atoms with E-state index in [0.717, 1.165) is 35.3 Å². The zero-order chi connectivity index (χ0) is 24.9. The van der Waals surface area contributed by atoms with Crippen molar-refractivity contribution >= 4 is 23.3 Å². The lowest BCUT2D eigenvalue weighted by molar-refractivity contribution is -0.117. The minimum absolute atomic E-state index is 0.0194. The Labute approximate surface area is 206 Å². The summed E-state index contributed by atoms with van der Waals surface area (Å²) in [5, 5.41) is 6.43. The van der Waals surface area contributed by atoms with E-state index in [1.165, 1.54) is 0 Å². The topological polar surface area (TPSA) is 90.5 Å². The fourth-order valence-corrected chi connectivity index (χ4v) is 4.52. The first-order valence-electron chi connectivity index (χ1n) is 11.8. The molecular weight excluding hydrogens is 440 g/mol. The van der Waals surface area contributed by atoms with Gasteiger partial charge in [0.1, 0.15) is 5.82 Å². The number of nitrogens with zero attached hydrogens (tertiary/aromatic N) is 4. The molecule has 8 nitrogen and oxygen atoms in total. The van der Waals surface area contributed by atoms with Crippen molar-refractivity contribution in [3.05, 3.63) is 72.2 Å². The molecule has 2 N–H and O–H groups in total. The van der Waals surface area contributed by atoms with E-state index in [1.54, 1.807) is 25.5 Å². The Balaban J connectivity index is 1.61. The van der Waals surface area contributed by atoms with Gasteiger partial charge in [-0.2, -0.15) is 0 Å². The van der Waals surface area contributed by atoms with Gasteiger partial charge in [0.25, 0.3) is 5.91 Å². The van der Waals surface area contributed by atoms with E-state index in [0.29, 0.717) is 17.9 Å². The molecule has 1 aliphatic rings. The Morgan fingerprint density at radius 2 is 1.83 bits per heavy atom. The number of rotatable bonds is 7. The minimum Gasteiger partial charge on any atom is -0.362 e. The normalized spacial score (nSPS) is 17.1. The van der Waals surface area contributed by atoms with E-state index in [2.05, 4.69) is 33.6 Å². The van der Waals surface area contributed by atoms with Crippen molar-refractivity contribution in [2.24, 2.45) is 0 Å². The van der Waals surface area contributed by atoms with Crippen LogP contribution in [0.5, 0.6) is 0 Å². The molecule has 0 unspecified atom stereocenters. The molecule has 8 heteroatoms. The molecule has 0 bridgehead atoms. The SMILES string of the molecule is CC(=O)N1c2ccc(-c3ccc(C(=O)NCCN(C)C)cc3)cc2[C@H](Nc2cnccn2)C[C@@H]1C. The third-order valence-electron chi connectivity index (χ3n) is 6.23. The Morgan fingerprint density at radius 1 is 1.09 bits per heavy atom. The summed E-state index contributed by atoms with van der Waals surface area (Å²) in [6.45, 7) is 5.06. The molecule has 2 amide bonds. The number of carbonyl (C=O) groups excluding carboxylic acids is 2. The number of aromatic nitrogens is 2. The van der Waals surface area contributed by atoms with Crippen LogP contribution in [0, 0.1) is 0 Å². The van der Waals surface area contributed by atoms with Gasteiger partial charge >= 0.3 is 0 Å². The van der Waals surface area contributed by atoms with Crippen LogP contribution in [0.1, 0.15) is 42.2 Å². The number of fused-ring (bicyclic) bond motifs is 1. The lowest BCUT2D eigenvalue weighted by Gasteiger charge is -2.39. The molecule has 1 aliphatic heterocycles. The average molecular weight is 473 g/mol. The molecule has 182 valence electrons. The summed E-state index contributed by atoms with van der Waals surface area (Å²) in [6.07, 6.45) is 5.75. The number of nitrogens with one attached hydrogen (secondary N) is 2. The molecular formula is C27H32N6O2. The number of likely N-dealkylation sites (N-methyl/N-ethyl adjacent to an activating group) is 1. The largest absolute Gasteiger partial charge is 0.362 e. The summed E-state index contributed by atoms with van der Waals surface area (Å²) in [4.78, 5) is 37.3. The van der Waals surface area contributed by atoms with Crippen molar-refractivity contribution in [2.45, 2.75) is 32.4 Å². The zero-order valence-electron chi connectivity index (χ0n) is 20.7. The molecule has 2 heterocycles. The van der Waals surface area contributed by atoms with Crippen LogP contribution in [-0.2, 0) is 4.79 Å². The Morgan fingerprint density at radius 3 is 2.49 bits per heavy atom. The molecule has 1 aromatic heterocycles. The molecule has 3 aromatic rings. The summed E-state index contributed by atoms with van der Waals surface area (Å²) in [6, 6.07) is 13.8. The zero-order valence-corrected chi connectivity index (χ0v) is 20.7. The van der Waals surface area contributed by atoms with Crippen molar-refractivity contribution in [1.29, 1.82) is 0 Å². The van der Waals surface area contributed by atoms with Gasteiger partial charge in [-0.1, -0.05) is 18.2 Å². The van der Waals surface area contributed by atoms with E-state index < -0.39 is 0 Å². The first kappa shape index (κ1) is 24.3. The van der Waals surface area contributed by atoms with Crippen LogP contribution < -0.4 is 15.5 Å². The van der Waals surface area contributed by atoms with E-state index in [1.807, 2.05) is 60.3 Å². The highest BCUT2D eigenvalue weighted by molar-refractivity contribution is 5.95. The van der Waals surface area contributed by atoms with Gasteiger partial charge in [-0.25, -0.2) is 4.98 Å². The molecule has 0 saturated carbocycles. The highest BCUT2D eigenvalue weighted by Gasteiger charge is 2.32. The lowest BCUT2D eigenvalue weighted by Crippen LogP contribution is -2.43. The predicted molar refractivity (Wildman–Crippen MR) is 138 cm³/mol. The highest BCUT2D eigenvalue weighted by Crippen LogP contribution is 2.40. The first-order valence-corrected chi connectivity index (χ1v) is 11.8. The fraction of sp³-hybridized carbons (Fsp3) is 0.333. The molecule has 0 saturated heterocycles. The standard InChI is InChI=1S/C27H32N6O2/c1-18-15-24(31-26-17-28-11-12-29-26)23-16-22(9-10-25(23)33(18)19(2)34)20-5-7-21(8-6-20)27(35)30-13-14-32(3)4/h5-12,16-18,24H,13-15H2,1-4H3,(H,29,31)(H,30,35)/t18-,24+/m0/s1. The van der Waals surface area contributed by atoms with Crippen molar-refractivity contribution < 1.29 is 9.59 Å². The summed E-state index contributed by atoms with van der Waals surface area (Å²) in [5.41, 5.74) is 4.59. The number of hydrogen-bond acceptors (Lipinski definition) is 6. The van der Waals surface area contributed by atoms with Gasteiger partial charge in [-0.3, -0.25) is 14.6 Å². The second-order valence-electron chi connectivity index (χ2n) is 9.17. The highest BCUT2D eigenvalue weighted by atomic mass is 16.2. The van der Waals surface area contributed by atoms with Crippen LogP contribution in [-0.4, -0.2) is 59.9 Å². The number of benzene rings is 2. The summed E-state index contributed by atoms with van der Waals surface area (Å²) < 4.78 is 0. The minimum atomic E-state index is -0.0804. The van der Waals surface area contributed by atoms with Crippen molar-refractivity contribution in [3.8, 4) is 11.1 Å². The third-order valence-corrected chi connectivity index (χ3v) is 6.23. The van der Waals surface area contributed by atoms with Crippen molar-refractivity contribution in [3.63, 3.8) is 0 Å². The Hall–Kier alpha value is -3.78. The lowest BCUT2D eigenvalue weighted by atomic mass is 9.89. The van der Waals surface area contributed by atoms with Gasteiger partial charge in [0.05, 0.1) is 12.2 Å². The smallest absolute Gasteiger partial charge is 0.251 e. The third kappa shape index (κ3) is 5.66. The summed E-state index contributed by atoms with van der Waals surface area (Å²) in [5.74, 6) is 0.638. The van der Waals surface area contributed by atoms with E-state index >= 15 is 0 Å². The van der Waals surface area contributed by atoms with Gasteiger partial charge in [-0.05, 0) is 68.4 Å². The average Bonchev–Trinajstić information content (AvgIpc) is 2.84. The van der Waals surface area contributed by atoms with Crippen LogP contribution in [0.25, 0.3) is 11.1 Å². The molecule has 2 atom stereocenters. The number of amides is 2. The van der Waals surface area contributed by atoms with Gasteiger partial charge in [0.2, 0.25) is 5.91 Å². The van der Waals surface area contributed by atoms with Crippen LogP contribution >= 0.6 is 0 Å². The van der Waals surface area contributed by atoms with E-state index in [4.69, 9.17) is 0 Å². The number of anilines is 2. The molecule has 35 heavy (non-hydrogen) atoms. The maximum absolute atomic E-state index is 12.4. The maximum Gasteiger partial charge on any atom is 0.251 e. The van der Waals surface area contributed by atoms with Crippen molar-refractivity contribution in [1.82, 2.24) is 20.2 Å². The second-order valence-corrected chi connectivity index (χ2v) is 9.17. The van der Waals surface area contributed by atoms with Gasteiger partial charge in [0.15, 0.2) is 0 Å². The van der Waals surface area contributed by atoms with Crippen molar-refractivity contribution in [2.75, 3.05) is 37.4 Å². The number of carbonyl (C=O) groups is 2. The first-order chi connectivity index (χ1) is 16.8. The summed E-state index contributed by atoms with van der Waals surface area (Å²) in [7, 11) is 3.95. The maximum atomic E-state index is 12.4. The van der Waals surface area contributed by atoms with Gasteiger partial charge in [0, 0.05) is 49.7 Å². The van der Waals surface area contributed by atoms with Crippen LogP contribution in [0.4, 0.5) is 11.5 Å². The Kier molecular flexibility index (Phi) is 7.41. The molecule has 4 rings (SSSR count). The van der Waals surface area contributed by atoms with Crippen LogP contribution in [0.3, 0.4) is 0 Å². The summed E-state index contributed by atoms with van der Waals surface area (Å²) >= 11 is 0.